The first-order valence-corrected chi connectivity index (χ1v) is 10.8. The lowest BCUT2D eigenvalue weighted by atomic mass is 9.68. The largest absolute Gasteiger partial charge is 0.465 e. The number of aryl methyl sites for hydroxylation is 1. The first kappa shape index (κ1) is 22.2. The van der Waals surface area contributed by atoms with Gasteiger partial charge in [0, 0.05) is 5.82 Å². The van der Waals surface area contributed by atoms with Crippen LogP contribution in [0.2, 0.25) is 5.82 Å². The SMILES string of the molecule is CCCCCC/C(C)=C\[C@H](CCc1ccccc1)B1OC(C)(C)C(C)(C)O1. The predicted molar refractivity (Wildman–Crippen MR) is 117 cm³/mol. The third-order valence-electron chi connectivity index (χ3n) is 6.15. The molecule has 2 rings (SSSR count). The molecule has 1 atom stereocenters. The Balaban J connectivity index is 2.06. The quantitative estimate of drug-likeness (QED) is 0.251. The van der Waals surface area contributed by atoms with Crippen LogP contribution in [0.3, 0.4) is 0 Å². The van der Waals surface area contributed by atoms with Crippen molar-refractivity contribution in [3.05, 3.63) is 47.5 Å². The molecule has 0 aromatic heterocycles. The Bertz CT molecular complexity index is 576. The molecule has 150 valence electrons. The summed E-state index contributed by atoms with van der Waals surface area (Å²) < 4.78 is 12.8. The van der Waals surface area contributed by atoms with Crippen molar-refractivity contribution >= 4 is 7.12 Å². The van der Waals surface area contributed by atoms with Gasteiger partial charge in [-0.1, -0.05) is 68.2 Å². The molecule has 0 bridgehead atoms. The molecule has 0 unspecified atom stereocenters. The molecule has 0 radical (unpaired) electrons. The molecule has 0 saturated carbocycles. The van der Waals surface area contributed by atoms with Crippen LogP contribution in [0.4, 0.5) is 0 Å². The molecule has 1 aliphatic heterocycles. The molecule has 3 heteroatoms. The number of unbranched alkanes of at least 4 members (excludes halogenated alkanes) is 3. The van der Waals surface area contributed by atoms with Crippen LogP contribution in [0, 0.1) is 0 Å². The Kier molecular flexibility index (Phi) is 8.18. The van der Waals surface area contributed by atoms with E-state index in [1.54, 1.807) is 0 Å². The molecule has 1 aromatic carbocycles. The Labute approximate surface area is 167 Å². The lowest BCUT2D eigenvalue weighted by Crippen LogP contribution is -2.41. The first-order valence-electron chi connectivity index (χ1n) is 10.8. The summed E-state index contributed by atoms with van der Waals surface area (Å²) in [6.45, 7) is 13.1. The van der Waals surface area contributed by atoms with Gasteiger partial charge in [0.2, 0.25) is 0 Å². The summed E-state index contributed by atoms with van der Waals surface area (Å²) in [4.78, 5) is 0. The van der Waals surface area contributed by atoms with Crippen molar-refractivity contribution in [1.82, 2.24) is 0 Å². The molecule has 1 fully saturated rings. The fourth-order valence-electron chi connectivity index (χ4n) is 3.62. The minimum atomic E-state index is -0.272. The van der Waals surface area contributed by atoms with Crippen LogP contribution >= 0.6 is 0 Å². The molecular formula is C24H39BO2. The summed E-state index contributed by atoms with van der Waals surface area (Å²) >= 11 is 0. The van der Waals surface area contributed by atoms with Crippen molar-refractivity contribution in [2.24, 2.45) is 0 Å². The Morgan fingerprint density at radius 2 is 1.63 bits per heavy atom. The summed E-state index contributed by atoms with van der Waals surface area (Å²) in [5.74, 6) is 0.289. The van der Waals surface area contributed by atoms with Crippen molar-refractivity contribution in [3.63, 3.8) is 0 Å². The van der Waals surface area contributed by atoms with E-state index in [1.165, 1.54) is 43.2 Å². The van der Waals surface area contributed by atoms with Crippen LogP contribution in [-0.4, -0.2) is 18.3 Å². The fourth-order valence-corrected chi connectivity index (χ4v) is 3.62. The Morgan fingerprint density at radius 1 is 1.00 bits per heavy atom. The third-order valence-corrected chi connectivity index (χ3v) is 6.15. The molecule has 1 saturated heterocycles. The average Bonchev–Trinajstić information content (AvgIpc) is 2.84. The van der Waals surface area contributed by atoms with E-state index in [1.807, 2.05) is 0 Å². The minimum absolute atomic E-state index is 0.163. The lowest BCUT2D eigenvalue weighted by molar-refractivity contribution is 0.00578. The summed E-state index contributed by atoms with van der Waals surface area (Å²) in [6, 6.07) is 10.7. The molecule has 2 nitrogen and oxygen atoms in total. The number of rotatable bonds is 10. The van der Waals surface area contributed by atoms with Crippen LogP contribution in [0.5, 0.6) is 0 Å². The summed E-state index contributed by atoms with van der Waals surface area (Å²) in [6.07, 6.45) is 10.9. The number of allylic oxidation sites excluding steroid dienone is 2. The molecule has 1 heterocycles. The highest BCUT2D eigenvalue weighted by molar-refractivity contribution is 6.48. The van der Waals surface area contributed by atoms with Crippen molar-refractivity contribution < 1.29 is 9.31 Å². The van der Waals surface area contributed by atoms with Crippen LogP contribution in [0.15, 0.2) is 42.0 Å². The van der Waals surface area contributed by atoms with Gasteiger partial charge >= 0.3 is 7.12 Å². The molecule has 0 spiro atoms. The van der Waals surface area contributed by atoms with Gasteiger partial charge in [-0.15, -0.1) is 0 Å². The van der Waals surface area contributed by atoms with Gasteiger partial charge in [0.1, 0.15) is 0 Å². The zero-order chi connectivity index (χ0) is 19.9. The Hall–Kier alpha value is -1.06. The van der Waals surface area contributed by atoms with Gasteiger partial charge in [-0.3, -0.25) is 0 Å². The third kappa shape index (κ3) is 6.50. The van der Waals surface area contributed by atoms with E-state index in [0.717, 1.165) is 12.8 Å². The van der Waals surface area contributed by atoms with Crippen LogP contribution in [0.1, 0.15) is 85.6 Å². The van der Waals surface area contributed by atoms with E-state index >= 15 is 0 Å². The molecule has 27 heavy (non-hydrogen) atoms. The normalized spacial score (nSPS) is 20.1. The van der Waals surface area contributed by atoms with Gasteiger partial charge in [-0.25, -0.2) is 0 Å². The lowest BCUT2D eigenvalue weighted by Gasteiger charge is -2.32. The molecule has 0 aliphatic carbocycles. The zero-order valence-electron chi connectivity index (χ0n) is 18.4. The van der Waals surface area contributed by atoms with E-state index in [9.17, 15) is 0 Å². The van der Waals surface area contributed by atoms with Gasteiger partial charge < -0.3 is 9.31 Å². The highest BCUT2D eigenvalue weighted by Gasteiger charge is 2.53. The average molecular weight is 370 g/mol. The van der Waals surface area contributed by atoms with Crippen LogP contribution in [-0.2, 0) is 15.7 Å². The molecular weight excluding hydrogens is 331 g/mol. The van der Waals surface area contributed by atoms with Gasteiger partial charge in [0.15, 0.2) is 0 Å². The van der Waals surface area contributed by atoms with Gasteiger partial charge in [-0.2, -0.15) is 0 Å². The fraction of sp³-hybridized carbons (Fsp3) is 0.667. The van der Waals surface area contributed by atoms with E-state index in [2.05, 4.69) is 78.0 Å². The molecule has 1 aliphatic rings. The maximum Gasteiger partial charge on any atom is 0.465 e. The minimum Gasteiger partial charge on any atom is -0.403 e. The van der Waals surface area contributed by atoms with Gasteiger partial charge in [0.25, 0.3) is 0 Å². The summed E-state index contributed by atoms with van der Waals surface area (Å²) in [5, 5.41) is 0. The summed E-state index contributed by atoms with van der Waals surface area (Å²) in [7, 11) is -0.163. The second kappa shape index (κ2) is 9.93. The second-order valence-electron chi connectivity index (χ2n) is 9.14. The van der Waals surface area contributed by atoms with Crippen LogP contribution < -0.4 is 0 Å². The molecule has 0 amide bonds. The van der Waals surface area contributed by atoms with E-state index in [-0.39, 0.29) is 24.1 Å². The maximum atomic E-state index is 6.39. The van der Waals surface area contributed by atoms with Crippen molar-refractivity contribution in [1.29, 1.82) is 0 Å². The van der Waals surface area contributed by atoms with Gasteiger partial charge in [0.05, 0.1) is 11.2 Å². The topological polar surface area (TPSA) is 18.5 Å². The van der Waals surface area contributed by atoms with Crippen molar-refractivity contribution in [3.8, 4) is 0 Å². The standard InChI is InChI=1S/C24H39BO2/c1-7-8-9-11-14-20(2)19-22(18-17-21-15-12-10-13-16-21)25-26-23(3,4)24(5,6)27-25/h10,12-13,15-16,19,22H,7-9,11,14,17-18H2,1-6H3/b20-19-/t22-/m0/s1. The van der Waals surface area contributed by atoms with Crippen molar-refractivity contribution in [2.75, 3.05) is 0 Å². The second-order valence-corrected chi connectivity index (χ2v) is 9.14. The first-order chi connectivity index (χ1) is 12.7. The van der Waals surface area contributed by atoms with Gasteiger partial charge in [-0.05, 0) is 65.9 Å². The molecule has 1 aromatic rings. The number of hydrogen-bond donors (Lipinski definition) is 0. The monoisotopic (exact) mass is 370 g/mol. The van der Waals surface area contributed by atoms with Crippen molar-refractivity contribution in [2.45, 2.75) is 104 Å². The van der Waals surface area contributed by atoms with E-state index in [4.69, 9.17) is 9.31 Å². The zero-order valence-corrected chi connectivity index (χ0v) is 18.4. The van der Waals surface area contributed by atoms with E-state index < -0.39 is 0 Å². The number of benzene rings is 1. The van der Waals surface area contributed by atoms with E-state index in [0.29, 0.717) is 0 Å². The maximum absolute atomic E-state index is 6.39. The smallest absolute Gasteiger partial charge is 0.403 e. The predicted octanol–water partition coefficient (Wildman–Crippen LogP) is 7.00. The highest BCUT2D eigenvalue weighted by Crippen LogP contribution is 2.41. The summed E-state index contributed by atoms with van der Waals surface area (Å²) in [5.41, 5.74) is 2.31. The Morgan fingerprint density at radius 3 is 2.22 bits per heavy atom. The molecule has 0 N–H and O–H groups in total. The van der Waals surface area contributed by atoms with Crippen LogP contribution in [0.25, 0.3) is 0 Å². The number of hydrogen-bond acceptors (Lipinski definition) is 2. The highest BCUT2D eigenvalue weighted by atomic mass is 16.7.